The fourth-order valence-electron chi connectivity index (χ4n) is 1.28. The quantitative estimate of drug-likeness (QED) is 0.600. The molecule has 0 radical (unpaired) electrons. The second-order valence-electron chi connectivity index (χ2n) is 3.01. The molecule has 0 saturated carbocycles. The molecule has 0 spiro atoms. The van der Waals surface area contributed by atoms with E-state index >= 15 is 0 Å². The van der Waals surface area contributed by atoms with Gasteiger partial charge < -0.3 is 10.6 Å². The number of hydrogen-bond acceptors (Lipinski definition) is 3. The van der Waals surface area contributed by atoms with Gasteiger partial charge in [0.05, 0.1) is 13.1 Å². The van der Waals surface area contributed by atoms with E-state index in [0.717, 1.165) is 26.2 Å². The van der Waals surface area contributed by atoms with Gasteiger partial charge in [-0.2, -0.15) is 0 Å². The average molecular weight is 218 g/mol. The molecule has 0 aromatic rings. The Bertz CT molecular complexity index is 209. The summed E-state index contributed by atoms with van der Waals surface area (Å²) in [5.41, 5.74) is 0. The van der Waals surface area contributed by atoms with Crippen molar-refractivity contribution in [3.8, 4) is 12.3 Å². The maximum atomic E-state index is 11.2. The summed E-state index contributed by atoms with van der Waals surface area (Å²) in [6.07, 6.45) is 5.02. The Hall–Kier alpha value is -0.760. The Kier molecular flexibility index (Phi) is 7.21. The number of nitrogens with one attached hydrogen (secondary N) is 2. The van der Waals surface area contributed by atoms with Crippen molar-refractivity contribution >= 4 is 18.3 Å². The first-order chi connectivity index (χ1) is 6.33. The lowest BCUT2D eigenvalue weighted by atomic mass is 10.3. The van der Waals surface area contributed by atoms with Crippen LogP contribution in [0.25, 0.3) is 0 Å². The Morgan fingerprint density at radius 3 is 2.71 bits per heavy atom. The number of carbonyl (C=O) groups excluding carboxylic acids is 1. The first-order valence-corrected chi connectivity index (χ1v) is 4.46. The molecular weight excluding hydrogens is 202 g/mol. The molecular formula is C9H16ClN3O. The van der Waals surface area contributed by atoms with Crippen LogP contribution in [0.4, 0.5) is 0 Å². The van der Waals surface area contributed by atoms with Gasteiger partial charge in [-0.1, -0.05) is 5.92 Å². The summed E-state index contributed by atoms with van der Waals surface area (Å²) < 4.78 is 0. The molecule has 0 unspecified atom stereocenters. The van der Waals surface area contributed by atoms with Crippen LogP contribution in [-0.2, 0) is 4.79 Å². The molecule has 1 saturated heterocycles. The Balaban J connectivity index is 0.00000169. The number of amides is 1. The monoisotopic (exact) mass is 217 g/mol. The van der Waals surface area contributed by atoms with Crippen molar-refractivity contribution in [2.45, 2.75) is 0 Å². The fourth-order valence-corrected chi connectivity index (χ4v) is 1.28. The zero-order chi connectivity index (χ0) is 9.52. The third kappa shape index (κ3) is 5.07. The molecule has 2 N–H and O–H groups in total. The largest absolute Gasteiger partial charge is 0.344 e. The Labute approximate surface area is 90.8 Å². The van der Waals surface area contributed by atoms with Crippen molar-refractivity contribution in [1.29, 1.82) is 0 Å². The van der Waals surface area contributed by atoms with Crippen molar-refractivity contribution in [3.63, 3.8) is 0 Å². The van der Waals surface area contributed by atoms with Gasteiger partial charge in [0, 0.05) is 26.2 Å². The summed E-state index contributed by atoms with van der Waals surface area (Å²) in [7, 11) is 0. The van der Waals surface area contributed by atoms with Crippen molar-refractivity contribution in [1.82, 2.24) is 15.5 Å². The Morgan fingerprint density at radius 1 is 1.50 bits per heavy atom. The highest BCUT2D eigenvalue weighted by Crippen LogP contribution is 1.90. The van der Waals surface area contributed by atoms with Crippen molar-refractivity contribution in [3.05, 3.63) is 0 Å². The van der Waals surface area contributed by atoms with E-state index in [1.165, 1.54) is 0 Å². The maximum absolute atomic E-state index is 11.2. The number of piperazine rings is 1. The lowest BCUT2D eigenvalue weighted by Gasteiger charge is -2.26. The highest BCUT2D eigenvalue weighted by molar-refractivity contribution is 5.85. The first-order valence-electron chi connectivity index (χ1n) is 4.46. The summed E-state index contributed by atoms with van der Waals surface area (Å²) in [4.78, 5) is 13.3. The summed E-state index contributed by atoms with van der Waals surface area (Å²) in [5.74, 6) is 2.39. The van der Waals surface area contributed by atoms with Gasteiger partial charge in [0.2, 0.25) is 5.91 Å². The molecule has 0 bridgehead atoms. The SMILES string of the molecule is C#CCNC(=O)CN1CCNCC1.Cl. The lowest BCUT2D eigenvalue weighted by Crippen LogP contribution is -2.47. The number of carbonyl (C=O) groups is 1. The van der Waals surface area contributed by atoms with E-state index in [2.05, 4.69) is 21.5 Å². The number of rotatable bonds is 3. The minimum Gasteiger partial charge on any atom is -0.344 e. The predicted octanol–water partition coefficient (Wildman–Crippen LogP) is -0.937. The van der Waals surface area contributed by atoms with Crippen LogP contribution in [0.1, 0.15) is 0 Å². The molecule has 5 heteroatoms. The van der Waals surface area contributed by atoms with Gasteiger partial charge in [0.1, 0.15) is 0 Å². The van der Waals surface area contributed by atoms with E-state index in [0.29, 0.717) is 13.1 Å². The van der Waals surface area contributed by atoms with Crippen LogP contribution in [0.3, 0.4) is 0 Å². The third-order valence-corrected chi connectivity index (χ3v) is 1.96. The van der Waals surface area contributed by atoms with Gasteiger partial charge in [-0.15, -0.1) is 18.8 Å². The van der Waals surface area contributed by atoms with Crippen molar-refractivity contribution in [2.75, 3.05) is 39.3 Å². The number of hydrogen-bond donors (Lipinski definition) is 2. The van der Waals surface area contributed by atoms with E-state index in [9.17, 15) is 4.79 Å². The van der Waals surface area contributed by atoms with E-state index in [4.69, 9.17) is 6.42 Å². The third-order valence-electron chi connectivity index (χ3n) is 1.96. The standard InChI is InChI=1S/C9H15N3O.ClH/c1-2-3-11-9(13)8-12-6-4-10-5-7-12;/h1,10H,3-8H2,(H,11,13);1H. The molecule has 1 heterocycles. The van der Waals surface area contributed by atoms with Crippen molar-refractivity contribution < 1.29 is 4.79 Å². The minimum atomic E-state index is 0. The number of terminal acetylenes is 1. The smallest absolute Gasteiger partial charge is 0.234 e. The predicted molar refractivity (Wildman–Crippen MR) is 58.4 cm³/mol. The highest BCUT2D eigenvalue weighted by atomic mass is 35.5. The summed E-state index contributed by atoms with van der Waals surface area (Å²) in [6.45, 7) is 4.58. The van der Waals surface area contributed by atoms with Crippen LogP contribution in [0.15, 0.2) is 0 Å². The van der Waals surface area contributed by atoms with Gasteiger partial charge in [0.25, 0.3) is 0 Å². The van der Waals surface area contributed by atoms with E-state index in [1.54, 1.807) is 0 Å². The van der Waals surface area contributed by atoms with Crippen LogP contribution < -0.4 is 10.6 Å². The van der Waals surface area contributed by atoms with Gasteiger partial charge in [-0.05, 0) is 0 Å². The topological polar surface area (TPSA) is 44.4 Å². The molecule has 4 nitrogen and oxygen atoms in total. The van der Waals surface area contributed by atoms with Gasteiger partial charge in [0.15, 0.2) is 0 Å². The van der Waals surface area contributed by atoms with Gasteiger partial charge in [-0.3, -0.25) is 9.69 Å². The summed E-state index contributed by atoms with van der Waals surface area (Å²) >= 11 is 0. The van der Waals surface area contributed by atoms with Gasteiger partial charge in [-0.25, -0.2) is 0 Å². The molecule has 1 fully saturated rings. The fraction of sp³-hybridized carbons (Fsp3) is 0.667. The van der Waals surface area contributed by atoms with Gasteiger partial charge >= 0.3 is 0 Å². The highest BCUT2D eigenvalue weighted by Gasteiger charge is 2.12. The second kappa shape index (κ2) is 7.63. The molecule has 0 atom stereocenters. The second-order valence-corrected chi connectivity index (χ2v) is 3.01. The number of nitrogens with zero attached hydrogens (tertiary/aromatic N) is 1. The van der Waals surface area contributed by atoms with Crippen molar-refractivity contribution in [2.24, 2.45) is 0 Å². The normalized spacial score (nSPS) is 16.5. The molecule has 1 aliphatic heterocycles. The van der Waals surface area contributed by atoms with E-state index in [1.807, 2.05) is 0 Å². The molecule has 1 amide bonds. The van der Waals surface area contributed by atoms with Crippen LogP contribution in [0.2, 0.25) is 0 Å². The number of halogens is 1. The average Bonchev–Trinajstić information content (AvgIpc) is 2.16. The zero-order valence-electron chi connectivity index (χ0n) is 8.08. The van der Waals surface area contributed by atoms with Crippen LogP contribution in [-0.4, -0.2) is 50.1 Å². The molecule has 1 aliphatic rings. The molecule has 0 aliphatic carbocycles. The van der Waals surface area contributed by atoms with Crippen LogP contribution in [0, 0.1) is 12.3 Å². The van der Waals surface area contributed by atoms with Crippen LogP contribution >= 0.6 is 12.4 Å². The molecule has 14 heavy (non-hydrogen) atoms. The molecule has 0 aromatic heterocycles. The maximum Gasteiger partial charge on any atom is 0.234 e. The minimum absolute atomic E-state index is 0. The first kappa shape index (κ1) is 13.2. The molecule has 0 aromatic carbocycles. The zero-order valence-corrected chi connectivity index (χ0v) is 8.90. The summed E-state index contributed by atoms with van der Waals surface area (Å²) in [5, 5.41) is 5.87. The van der Waals surface area contributed by atoms with E-state index in [-0.39, 0.29) is 18.3 Å². The van der Waals surface area contributed by atoms with E-state index < -0.39 is 0 Å². The molecule has 80 valence electrons. The molecule has 1 rings (SSSR count). The Morgan fingerprint density at radius 2 is 2.14 bits per heavy atom. The lowest BCUT2D eigenvalue weighted by molar-refractivity contribution is -0.122. The summed E-state index contributed by atoms with van der Waals surface area (Å²) in [6, 6.07) is 0. The van der Waals surface area contributed by atoms with Crippen LogP contribution in [0.5, 0.6) is 0 Å².